The fourth-order valence-electron chi connectivity index (χ4n) is 3.36. The van der Waals surface area contributed by atoms with Crippen LogP contribution in [0.15, 0.2) is 48.5 Å². The van der Waals surface area contributed by atoms with E-state index in [1.165, 1.54) is 12.1 Å². The fourth-order valence-corrected chi connectivity index (χ4v) is 3.85. The third kappa shape index (κ3) is 5.97. The van der Waals surface area contributed by atoms with Crippen molar-refractivity contribution >= 4 is 40.9 Å². The molecular weight excluding hydrogens is 425 g/mol. The highest BCUT2D eigenvalue weighted by Gasteiger charge is 2.27. The Morgan fingerprint density at radius 3 is 2.33 bits per heavy atom. The van der Waals surface area contributed by atoms with Gasteiger partial charge in [0.05, 0.1) is 17.1 Å². The van der Waals surface area contributed by atoms with Gasteiger partial charge in [0.1, 0.15) is 0 Å². The van der Waals surface area contributed by atoms with Crippen molar-refractivity contribution in [1.29, 1.82) is 0 Å². The second-order valence-electron chi connectivity index (χ2n) is 7.17. The average Bonchev–Trinajstić information content (AvgIpc) is 2.76. The van der Waals surface area contributed by atoms with Crippen LogP contribution in [0.5, 0.6) is 0 Å². The zero-order valence-corrected chi connectivity index (χ0v) is 17.9. The SMILES string of the molecule is O=C(NCC(=O)N1CCC(C(=O)NCc2ccccc2)CC1)c1ccc(Cl)cc1Cl. The summed E-state index contributed by atoms with van der Waals surface area (Å²) in [7, 11) is 0. The van der Waals surface area contributed by atoms with E-state index in [1.807, 2.05) is 30.3 Å². The summed E-state index contributed by atoms with van der Waals surface area (Å²) in [5, 5.41) is 6.22. The summed E-state index contributed by atoms with van der Waals surface area (Å²) < 4.78 is 0. The molecule has 1 saturated heterocycles. The van der Waals surface area contributed by atoms with E-state index < -0.39 is 5.91 Å². The van der Waals surface area contributed by atoms with Gasteiger partial charge in [-0.2, -0.15) is 0 Å². The predicted molar refractivity (Wildman–Crippen MR) is 116 cm³/mol. The molecule has 1 aliphatic rings. The third-order valence-electron chi connectivity index (χ3n) is 5.10. The fraction of sp³-hybridized carbons (Fsp3) is 0.318. The summed E-state index contributed by atoms with van der Waals surface area (Å²) in [6, 6.07) is 14.3. The molecule has 0 saturated carbocycles. The van der Waals surface area contributed by atoms with Gasteiger partial charge in [-0.15, -0.1) is 0 Å². The Morgan fingerprint density at radius 1 is 0.967 bits per heavy atom. The standard InChI is InChI=1S/C22H23Cl2N3O3/c23-17-6-7-18(19(24)12-17)22(30)26-14-20(28)27-10-8-16(9-11-27)21(29)25-13-15-4-2-1-3-5-15/h1-7,12,16H,8-11,13-14H2,(H,25,29)(H,26,30). The molecule has 8 heteroatoms. The van der Waals surface area contributed by atoms with E-state index in [4.69, 9.17) is 23.2 Å². The molecule has 0 unspecified atom stereocenters. The third-order valence-corrected chi connectivity index (χ3v) is 5.65. The van der Waals surface area contributed by atoms with Gasteiger partial charge in [-0.1, -0.05) is 53.5 Å². The first-order chi connectivity index (χ1) is 14.4. The molecule has 30 heavy (non-hydrogen) atoms. The molecule has 0 spiro atoms. The van der Waals surface area contributed by atoms with Crippen LogP contribution in [0.25, 0.3) is 0 Å². The molecule has 1 aliphatic heterocycles. The van der Waals surface area contributed by atoms with Crippen LogP contribution in [0.1, 0.15) is 28.8 Å². The van der Waals surface area contributed by atoms with E-state index in [0.717, 1.165) is 5.56 Å². The van der Waals surface area contributed by atoms with Gasteiger partial charge < -0.3 is 15.5 Å². The minimum absolute atomic E-state index is 0.0108. The van der Waals surface area contributed by atoms with Gasteiger partial charge in [0.15, 0.2) is 0 Å². The lowest BCUT2D eigenvalue weighted by atomic mass is 9.95. The maximum absolute atomic E-state index is 12.4. The minimum Gasteiger partial charge on any atom is -0.352 e. The van der Waals surface area contributed by atoms with Gasteiger partial charge in [-0.05, 0) is 36.6 Å². The number of carbonyl (C=O) groups excluding carboxylic acids is 3. The molecule has 1 heterocycles. The number of hydrogen-bond donors (Lipinski definition) is 2. The Kier molecular flexibility index (Phi) is 7.71. The molecule has 2 N–H and O–H groups in total. The number of likely N-dealkylation sites (tertiary alicyclic amines) is 1. The number of nitrogens with one attached hydrogen (secondary N) is 2. The average molecular weight is 448 g/mol. The maximum Gasteiger partial charge on any atom is 0.253 e. The van der Waals surface area contributed by atoms with Gasteiger partial charge in [0.25, 0.3) is 5.91 Å². The van der Waals surface area contributed by atoms with Crippen LogP contribution in [-0.4, -0.2) is 42.3 Å². The molecule has 0 bridgehead atoms. The topological polar surface area (TPSA) is 78.5 Å². The number of nitrogens with zero attached hydrogens (tertiary/aromatic N) is 1. The molecule has 1 fully saturated rings. The summed E-state index contributed by atoms with van der Waals surface area (Å²) in [4.78, 5) is 38.7. The van der Waals surface area contributed by atoms with Crippen molar-refractivity contribution in [1.82, 2.24) is 15.5 Å². The maximum atomic E-state index is 12.4. The monoisotopic (exact) mass is 447 g/mol. The lowest BCUT2D eigenvalue weighted by Crippen LogP contribution is -2.46. The quantitative estimate of drug-likeness (QED) is 0.712. The van der Waals surface area contributed by atoms with Crippen LogP contribution >= 0.6 is 23.2 Å². The smallest absolute Gasteiger partial charge is 0.253 e. The largest absolute Gasteiger partial charge is 0.352 e. The number of amides is 3. The Bertz CT molecular complexity index is 913. The Hall–Kier alpha value is -2.57. The molecule has 3 amide bonds. The van der Waals surface area contributed by atoms with E-state index in [1.54, 1.807) is 11.0 Å². The van der Waals surface area contributed by atoms with Crippen LogP contribution in [-0.2, 0) is 16.1 Å². The van der Waals surface area contributed by atoms with Crippen molar-refractivity contribution in [3.63, 3.8) is 0 Å². The molecule has 3 rings (SSSR count). The Labute approximate surface area is 185 Å². The molecule has 0 aromatic heterocycles. The second kappa shape index (κ2) is 10.5. The Balaban J connectivity index is 1.41. The lowest BCUT2D eigenvalue weighted by Gasteiger charge is -2.31. The van der Waals surface area contributed by atoms with Crippen molar-refractivity contribution in [2.75, 3.05) is 19.6 Å². The van der Waals surface area contributed by atoms with Crippen LogP contribution in [0.2, 0.25) is 10.0 Å². The Morgan fingerprint density at radius 2 is 1.67 bits per heavy atom. The van der Waals surface area contributed by atoms with E-state index in [-0.39, 0.29) is 34.9 Å². The molecule has 2 aromatic rings. The van der Waals surface area contributed by atoms with E-state index in [0.29, 0.717) is 37.5 Å². The van der Waals surface area contributed by atoms with E-state index in [9.17, 15) is 14.4 Å². The molecule has 6 nitrogen and oxygen atoms in total. The molecule has 0 radical (unpaired) electrons. The van der Waals surface area contributed by atoms with Gasteiger partial charge in [-0.3, -0.25) is 14.4 Å². The van der Waals surface area contributed by atoms with Crippen molar-refractivity contribution in [2.24, 2.45) is 5.92 Å². The number of rotatable bonds is 6. The molecular formula is C22H23Cl2N3O3. The molecule has 0 aliphatic carbocycles. The first-order valence-corrected chi connectivity index (χ1v) is 10.5. The van der Waals surface area contributed by atoms with Crippen molar-refractivity contribution in [2.45, 2.75) is 19.4 Å². The first-order valence-electron chi connectivity index (χ1n) is 9.76. The van der Waals surface area contributed by atoms with Gasteiger partial charge in [0, 0.05) is 30.6 Å². The summed E-state index contributed by atoms with van der Waals surface area (Å²) in [5.41, 5.74) is 1.32. The highest BCUT2D eigenvalue weighted by atomic mass is 35.5. The van der Waals surface area contributed by atoms with Crippen LogP contribution in [0.4, 0.5) is 0 Å². The number of piperidine rings is 1. The molecule has 0 atom stereocenters. The summed E-state index contributed by atoms with van der Waals surface area (Å²) >= 11 is 11.9. The van der Waals surface area contributed by atoms with Crippen LogP contribution in [0, 0.1) is 5.92 Å². The number of benzene rings is 2. The first kappa shape index (κ1) is 22.1. The zero-order valence-electron chi connectivity index (χ0n) is 16.4. The molecule has 2 aromatic carbocycles. The number of halogens is 2. The minimum atomic E-state index is -0.430. The number of carbonyl (C=O) groups is 3. The van der Waals surface area contributed by atoms with Crippen LogP contribution in [0.3, 0.4) is 0 Å². The lowest BCUT2D eigenvalue weighted by molar-refractivity contribution is -0.134. The molecule has 158 valence electrons. The summed E-state index contributed by atoms with van der Waals surface area (Å²) in [6.45, 7) is 1.35. The second-order valence-corrected chi connectivity index (χ2v) is 8.01. The predicted octanol–water partition coefficient (Wildman–Crippen LogP) is 3.28. The summed E-state index contributed by atoms with van der Waals surface area (Å²) in [5.74, 6) is -0.714. The summed E-state index contributed by atoms with van der Waals surface area (Å²) in [6.07, 6.45) is 1.20. The van der Waals surface area contributed by atoms with Gasteiger partial charge >= 0.3 is 0 Å². The highest BCUT2D eigenvalue weighted by Crippen LogP contribution is 2.21. The van der Waals surface area contributed by atoms with Crippen molar-refractivity contribution < 1.29 is 14.4 Å². The normalized spacial score (nSPS) is 14.3. The van der Waals surface area contributed by atoms with Gasteiger partial charge in [-0.25, -0.2) is 0 Å². The van der Waals surface area contributed by atoms with Gasteiger partial charge in [0.2, 0.25) is 11.8 Å². The highest BCUT2D eigenvalue weighted by molar-refractivity contribution is 6.36. The van der Waals surface area contributed by atoms with Crippen LogP contribution < -0.4 is 10.6 Å². The van der Waals surface area contributed by atoms with E-state index in [2.05, 4.69) is 10.6 Å². The zero-order chi connectivity index (χ0) is 21.5. The van der Waals surface area contributed by atoms with Crippen molar-refractivity contribution in [3.8, 4) is 0 Å². The number of hydrogen-bond acceptors (Lipinski definition) is 3. The van der Waals surface area contributed by atoms with E-state index >= 15 is 0 Å². The van der Waals surface area contributed by atoms with Crippen molar-refractivity contribution in [3.05, 3.63) is 69.7 Å².